The molecule has 2 rings (SSSR count). The van der Waals surface area contributed by atoms with Crippen molar-refractivity contribution in [2.24, 2.45) is 0 Å². The molecule has 1 aromatic heterocycles. The predicted octanol–water partition coefficient (Wildman–Crippen LogP) is 1.33. The number of fused-ring (bicyclic) bond motifs is 1. The summed E-state index contributed by atoms with van der Waals surface area (Å²) in [5, 5.41) is 3.22. The van der Waals surface area contributed by atoms with E-state index in [1.165, 1.54) is 6.20 Å². The average molecular weight is 218 g/mol. The van der Waals surface area contributed by atoms with Gasteiger partial charge >= 0.3 is 0 Å². The number of hydrogen-bond acceptors (Lipinski definition) is 4. The number of benzene rings is 1. The minimum absolute atomic E-state index is 0.225. The van der Waals surface area contributed by atoms with Crippen molar-refractivity contribution in [2.45, 2.75) is 19.9 Å². The van der Waals surface area contributed by atoms with Crippen molar-refractivity contribution in [3.63, 3.8) is 0 Å². The van der Waals surface area contributed by atoms with Crippen molar-refractivity contribution in [1.82, 2.24) is 9.97 Å². The lowest BCUT2D eigenvalue weighted by Gasteiger charge is -2.12. The van der Waals surface area contributed by atoms with E-state index in [9.17, 15) is 4.79 Å². The third kappa shape index (κ3) is 1.98. The lowest BCUT2D eigenvalue weighted by Crippen LogP contribution is -2.12. The maximum absolute atomic E-state index is 11.1. The largest absolute Gasteiger partial charge is 0.397 e. The third-order valence-electron chi connectivity index (χ3n) is 2.19. The summed E-state index contributed by atoms with van der Waals surface area (Å²) in [7, 11) is 0. The van der Waals surface area contributed by atoms with Crippen LogP contribution >= 0.6 is 0 Å². The number of nitrogen functional groups attached to an aromatic ring is 1. The lowest BCUT2D eigenvalue weighted by molar-refractivity contribution is 0.900. The molecule has 0 unspecified atom stereocenters. The van der Waals surface area contributed by atoms with E-state index in [1.807, 2.05) is 19.9 Å². The van der Waals surface area contributed by atoms with E-state index in [-0.39, 0.29) is 5.56 Å². The Labute approximate surface area is 92.7 Å². The van der Waals surface area contributed by atoms with E-state index < -0.39 is 0 Å². The van der Waals surface area contributed by atoms with E-state index in [1.54, 1.807) is 6.07 Å². The maximum atomic E-state index is 11.1. The van der Waals surface area contributed by atoms with Crippen LogP contribution < -0.4 is 16.6 Å². The number of nitrogens with one attached hydrogen (secondary N) is 2. The van der Waals surface area contributed by atoms with Gasteiger partial charge in [-0.1, -0.05) is 0 Å². The van der Waals surface area contributed by atoms with Crippen molar-refractivity contribution >= 4 is 22.4 Å². The highest BCUT2D eigenvalue weighted by atomic mass is 16.1. The molecular weight excluding hydrogens is 204 g/mol. The number of nitrogens with two attached hydrogens (primary N) is 1. The molecule has 84 valence electrons. The molecule has 2 aromatic rings. The van der Waals surface area contributed by atoms with E-state index >= 15 is 0 Å². The van der Waals surface area contributed by atoms with Crippen molar-refractivity contribution in [2.75, 3.05) is 11.1 Å². The molecule has 0 atom stereocenters. The first-order valence-electron chi connectivity index (χ1n) is 5.11. The van der Waals surface area contributed by atoms with E-state index in [0.29, 0.717) is 17.2 Å². The quantitative estimate of drug-likeness (QED) is 0.664. The van der Waals surface area contributed by atoms with E-state index in [0.717, 1.165) is 11.2 Å². The van der Waals surface area contributed by atoms with Gasteiger partial charge in [0.2, 0.25) is 0 Å². The fourth-order valence-corrected chi connectivity index (χ4v) is 1.54. The van der Waals surface area contributed by atoms with Gasteiger partial charge in [-0.2, -0.15) is 0 Å². The van der Waals surface area contributed by atoms with Crippen LogP contribution in [0.2, 0.25) is 0 Å². The van der Waals surface area contributed by atoms with E-state index in [4.69, 9.17) is 5.73 Å². The van der Waals surface area contributed by atoms with Crippen LogP contribution in [0.1, 0.15) is 13.8 Å². The molecule has 5 heteroatoms. The minimum Gasteiger partial charge on any atom is -0.397 e. The Morgan fingerprint density at radius 2 is 2.19 bits per heavy atom. The van der Waals surface area contributed by atoms with Gasteiger partial charge in [0.25, 0.3) is 5.56 Å². The summed E-state index contributed by atoms with van der Waals surface area (Å²) in [5.41, 5.74) is 8.46. The van der Waals surface area contributed by atoms with Crippen LogP contribution in [0.25, 0.3) is 11.0 Å². The minimum atomic E-state index is -0.225. The zero-order chi connectivity index (χ0) is 11.7. The Balaban J connectivity index is 2.58. The number of aromatic nitrogens is 2. The van der Waals surface area contributed by atoms with Crippen molar-refractivity contribution in [1.29, 1.82) is 0 Å². The molecular formula is C11H14N4O. The molecule has 0 aliphatic rings. The fraction of sp³-hybridized carbons (Fsp3) is 0.273. The molecule has 1 heterocycles. The fourth-order valence-electron chi connectivity index (χ4n) is 1.54. The molecule has 0 radical (unpaired) electrons. The third-order valence-corrected chi connectivity index (χ3v) is 2.19. The standard InChI is InChI=1S/C11H14N4O/c1-6(2)14-8-4-9-10(3-7(8)12)15-11(16)5-13-9/h3-6,14H,12H2,1-2H3,(H,15,16). The van der Waals surface area contributed by atoms with Gasteiger partial charge in [-0.3, -0.25) is 4.79 Å². The van der Waals surface area contributed by atoms with Crippen LogP contribution in [0.4, 0.5) is 11.4 Å². The highest BCUT2D eigenvalue weighted by molar-refractivity contribution is 5.86. The van der Waals surface area contributed by atoms with Crippen molar-refractivity contribution in [3.8, 4) is 0 Å². The van der Waals surface area contributed by atoms with Crippen molar-refractivity contribution < 1.29 is 0 Å². The highest BCUT2D eigenvalue weighted by Gasteiger charge is 2.04. The predicted molar refractivity (Wildman–Crippen MR) is 65.5 cm³/mol. The van der Waals surface area contributed by atoms with Crippen LogP contribution in [0.5, 0.6) is 0 Å². The zero-order valence-electron chi connectivity index (χ0n) is 9.24. The molecule has 0 aliphatic heterocycles. The number of H-pyrrole nitrogens is 1. The summed E-state index contributed by atoms with van der Waals surface area (Å²) in [4.78, 5) is 17.8. The second-order valence-electron chi connectivity index (χ2n) is 4.00. The Bertz CT molecular complexity index is 574. The summed E-state index contributed by atoms with van der Waals surface area (Å²) in [5.74, 6) is 0. The molecule has 1 aromatic carbocycles. The highest BCUT2D eigenvalue weighted by Crippen LogP contribution is 2.23. The average Bonchev–Trinajstić information content (AvgIpc) is 2.19. The summed E-state index contributed by atoms with van der Waals surface area (Å²) in [6, 6.07) is 3.84. The lowest BCUT2D eigenvalue weighted by atomic mass is 10.2. The van der Waals surface area contributed by atoms with E-state index in [2.05, 4.69) is 15.3 Å². The van der Waals surface area contributed by atoms with Gasteiger partial charge in [0.1, 0.15) is 0 Å². The summed E-state index contributed by atoms with van der Waals surface area (Å²) in [6.45, 7) is 4.06. The number of hydrogen-bond donors (Lipinski definition) is 3. The van der Waals surface area contributed by atoms with Crippen LogP contribution in [0.15, 0.2) is 23.1 Å². The van der Waals surface area contributed by atoms with Crippen LogP contribution in [0.3, 0.4) is 0 Å². The number of nitrogens with zero attached hydrogens (tertiary/aromatic N) is 1. The van der Waals surface area contributed by atoms with Crippen LogP contribution in [-0.4, -0.2) is 16.0 Å². The molecule has 0 amide bonds. The molecule has 4 N–H and O–H groups in total. The second-order valence-corrected chi connectivity index (χ2v) is 4.00. The summed E-state index contributed by atoms with van der Waals surface area (Å²) < 4.78 is 0. The summed E-state index contributed by atoms with van der Waals surface area (Å²) in [6.07, 6.45) is 1.26. The Hall–Kier alpha value is -2.04. The molecule has 0 saturated carbocycles. The van der Waals surface area contributed by atoms with Gasteiger partial charge in [-0.25, -0.2) is 4.98 Å². The molecule has 0 saturated heterocycles. The SMILES string of the molecule is CC(C)Nc1cc2ncc(=O)[nH]c2cc1N. The molecule has 0 fully saturated rings. The van der Waals surface area contributed by atoms with Gasteiger partial charge < -0.3 is 16.0 Å². The number of anilines is 2. The molecule has 5 nitrogen and oxygen atoms in total. The topological polar surface area (TPSA) is 83.8 Å². The van der Waals surface area contributed by atoms with Crippen LogP contribution in [-0.2, 0) is 0 Å². The Kier molecular flexibility index (Phi) is 2.52. The molecule has 0 bridgehead atoms. The smallest absolute Gasteiger partial charge is 0.266 e. The Morgan fingerprint density at radius 3 is 2.88 bits per heavy atom. The normalized spacial score (nSPS) is 10.9. The maximum Gasteiger partial charge on any atom is 0.266 e. The molecule has 0 spiro atoms. The zero-order valence-corrected chi connectivity index (χ0v) is 9.24. The second kappa shape index (κ2) is 3.84. The van der Waals surface area contributed by atoms with Gasteiger partial charge in [-0.05, 0) is 26.0 Å². The first-order valence-corrected chi connectivity index (χ1v) is 5.11. The van der Waals surface area contributed by atoms with Gasteiger partial charge in [0.15, 0.2) is 0 Å². The first-order chi connectivity index (χ1) is 7.56. The number of rotatable bonds is 2. The Morgan fingerprint density at radius 1 is 1.44 bits per heavy atom. The van der Waals surface area contributed by atoms with Crippen LogP contribution in [0, 0.1) is 0 Å². The van der Waals surface area contributed by atoms with Gasteiger partial charge in [-0.15, -0.1) is 0 Å². The molecule has 0 aliphatic carbocycles. The first kappa shape index (κ1) is 10.5. The number of aromatic amines is 1. The monoisotopic (exact) mass is 218 g/mol. The van der Waals surface area contributed by atoms with Crippen molar-refractivity contribution in [3.05, 3.63) is 28.7 Å². The van der Waals surface area contributed by atoms with Gasteiger partial charge in [0, 0.05) is 6.04 Å². The molecule has 16 heavy (non-hydrogen) atoms. The summed E-state index contributed by atoms with van der Waals surface area (Å²) >= 11 is 0. The van der Waals surface area contributed by atoms with Gasteiger partial charge in [0.05, 0.1) is 28.6 Å².